The van der Waals surface area contributed by atoms with Crippen LogP contribution in [-0.4, -0.2) is 4.98 Å². The third kappa shape index (κ3) is 1.89. The number of halogens is 1. The lowest BCUT2D eigenvalue weighted by atomic mass is 9.99. The number of hydrogen-bond acceptors (Lipinski definition) is 2. The average molecular weight is 216 g/mol. The lowest BCUT2D eigenvalue weighted by Gasteiger charge is -2.08. The minimum atomic E-state index is -0.332. The fourth-order valence-corrected chi connectivity index (χ4v) is 1.67. The van der Waals surface area contributed by atoms with E-state index in [0.29, 0.717) is 5.56 Å². The summed E-state index contributed by atoms with van der Waals surface area (Å²) in [6, 6.07) is 7.17. The van der Waals surface area contributed by atoms with E-state index in [1.165, 1.54) is 12.3 Å². The lowest BCUT2D eigenvalue weighted by Crippen LogP contribution is -1.95. The van der Waals surface area contributed by atoms with Gasteiger partial charge in [0.15, 0.2) is 0 Å². The van der Waals surface area contributed by atoms with Crippen LogP contribution in [0.15, 0.2) is 30.5 Å². The predicted octanol–water partition coefficient (Wildman–Crippen LogP) is 3.09. The zero-order valence-corrected chi connectivity index (χ0v) is 9.29. The third-order valence-electron chi connectivity index (χ3n) is 2.56. The van der Waals surface area contributed by atoms with Crippen LogP contribution >= 0.6 is 0 Å². The van der Waals surface area contributed by atoms with Crippen molar-refractivity contribution in [2.45, 2.75) is 13.8 Å². The van der Waals surface area contributed by atoms with E-state index in [9.17, 15) is 4.39 Å². The first-order valence-electron chi connectivity index (χ1n) is 5.06. The van der Waals surface area contributed by atoms with Crippen molar-refractivity contribution in [3.63, 3.8) is 0 Å². The second-order valence-electron chi connectivity index (χ2n) is 3.91. The number of nitrogens with zero attached hydrogens (tertiary/aromatic N) is 1. The molecule has 2 N–H and O–H groups in total. The highest BCUT2D eigenvalue weighted by atomic mass is 19.1. The standard InChI is InChI=1S/C13H13FN2/c1-8-3-4-9(2)10(5-8)11-7-16-13(15)6-12(11)14/h3-7H,1-2H3,(H2,15,16). The number of aromatic nitrogens is 1. The molecular weight excluding hydrogens is 203 g/mol. The van der Waals surface area contributed by atoms with E-state index in [0.717, 1.165) is 16.7 Å². The molecule has 0 aliphatic rings. The van der Waals surface area contributed by atoms with Crippen LogP contribution < -0.4 is 5.73 Å². The number of nitrogens with two attached hydrogens (primary N) is 1. The smallest absolute Gasteiger partial charge is 0.136 e. The Labute approximate surface area is 93.9 Å². The van der Waals surface area contributed by atoms with Crippen molar-refractivity contribution < 1.29 is 4.39 Å². The minimum absolute atomic E-state index is 0.201. The second kappa shape index (κ2) is 3.93. The molecule has 0 saturated heterocycles. The summed E-state index contributed by atoms with van der Waals surface area (Å²) in [5.74, 6) is -0.132. The second-order valence-corrected chi connectivity index (χ2v) is 3.91. The molecule has 0 saturated carbocycles. The van der Waals surface area contributed by atoms with Gasteiger partial charge in [-0.1, -0.05) is 23.8 Å². The van der Waals surface area contributed by atoms with Crippen LogP contribution in [0.2, 0.25) is 0 Å². The highest BCUT2D eigenvalue weighted by Gasteiger charge is 2.08. The molecule has 2 rings (SSSR count). The van der Waals surface area contributed by atoms with Crippen molar-refractivity contribution in [3.05, 3.63) is 47.4 Å². The molecule has 0 fully saturated rings. The van der Waals surface area contributed by atoms with Gasteiger partial charge in [-0.15, -0.1) is 0 Å². The average Bonchev–Trinajstić information content (AvgIpc) is 2.22. The summed E-state index contributed by atoms with van der Waals surface area (Å²) >= 11 is 0. The van der Waals surface area contributed by atoms with Crippen LogP contribution in [0.25, 0.3) is 11.1 Å². The molecule has 3 heteroatoms. The molecule has 0 amide bonds. The van der Waals surface area contributed by atoms with E-state index in [4.69, 9.17) is 5.73 Å². The summed E-state index contributed by atoms with van der Waals surface area (Å²) in [6.45, 7) is 3.93. The van der Waals surface area contributed by atoms with Crippen LogP contribution in [0.1, 0.15) is 11.1 Å². The number of pyridine rings is 1. The van der Waals surface area contributed by atoms with Crippen molar-refractivity contribution >= 4 is 5.82 Å². The van der Waals surface area contributed by atoms with Gasteiger partial charge in [-0.05, 0) is 25.0 Å². The van der Waals surface area contributed by atoms with Gasteiger partial charge in [0, 0.05) is 17.8 Å². The van der Waals surface area contributed by atoms with E-state index in [-0.39, 0.29) is 11.6 Å². The molecule has 0 atom stereocenters. The lowest BCUT2D eigenvalue weighted by molar-refractivity contribution is 0.630. The van der Waals surface area contributed by atoms with E-state index in [1.54, 1.807) is 0 Å². The normalized spacial score (nSPS) is 10.4. The molecule has 1 aromatic heterocycles. The Morgan fingerprint density at radius 2 is 1.88 bits per heavy atom. The van der Waals surface area contributed by atoms with Gasteiger partial charge in [-0.2, -0.15) is 0 Å². The van der Waals surface area contributed by atoms with Gasteiger partial charge in [0.2, 0.25) is 0 Å². The Kier molecular flexibility index (Phi) is 2.60. The highest BCUT2D eigenvalue weighted by Crippen LogP contribution is 2.26. The number of benzene rings is 1. The first-order valence-corrected chi connectivity index (χ1v) is 5.06. The minimum Gasteiger partial charge on any atom is -0.384 e. The van der Waals surface area contributed by atoms with E-state index < -0.39 is 0 Å². The summed E-state index contributed by atoms with van der Waals surface area (Å²) in [5.41, 5.74) is 8.90. The first kappa shape index (κ1) is 10.6. The largest absolute Gasteiger partial charge is 0.384 e. The van der Waals surface area contributed by atoms with E-state index in [2.05, 4.69) is 4.98 Å². The van der Waals surface area contributed by atoms with Crippen molar-refractivity contribution in [3.8, 4) is 11.1 Å². The molecule has 0 bridgehead atoms. The molecule has 1 heterocycles. The number of hydrogen-bond donors (Lipinski definition) is 1. The third-order valence-corrected chi connectivity index (χ3v) is 2.56. The molecule has 0 radical (unpaired) electrons. The Balaban J connectivity index is 2.62. The molecule has 2 nitrogen and oxygen atoms in total. The van der Waals surface area contributed by atoms with Gasteiger partial charge in [0.25, 0.3) is 0 Å². The van der Waals surface area contributed by atoms with Crippen LogP contribution in [0.3, 0.4) is 0 Å². The number of nitrogen functional groups attached to an aromatic ring is 1. The number of rotatable bonds is 1. The Morgan fingerprint density at radius 3 is 2.56 bits per heavy atom. The van der Waals surface area contributed by atoms with Gasteiger partial charge in [0.1, 0.15) is 11.6 Å². The zero-order valence-electron chi connectivity index (χ0n) is 9.29. The molecule has 16 heavy (non-hydrogen) atoms. The van der Waals surface area contributed by atoms with Crippen LogP contribution in [0, 0.1) is 19.7 Å². The quantitative estimate of drug-likeness (QED) is 0.795. The Morgan fingerprint density at radius 1 is 1.12 bits per heavy atom. The topological polar surface area (TPSA) is 38.9 Å². The van der Waals surface area contributed by atoms with Crippen molar-refractivity contribution in [2.75, 3.05) is 5.73 Å². The Hall–Kier alpha value is -1.90. The summed E-state index contributed by atoms with van der Waals surface area (Å²) in [6.07, 6.45) is 1.48. The fraction of sp³-hybridized carbons (Fsp3) is 0.154. The Bertz CT molecular complexity index is 535. The molecule has 0 unspecified atom stereocenters. The van der Waals surface area contributed by atoms with Gasteiger partial charge in [0.05, 0.1) is 0 Å². The van der Waals surface area contributed by atoms with Gasteiger partial charge >= 0.3 is 0 Å². The fourth-order valence-electron chi connectivity index (χ4n) is 1.67. The highest BCUT2D eigenvalue weighted by molar-refractivity contribution is 5.68. The molecular formula is C13H13FN2. The van der Waals surface area contributed by atoms with E-state index >= 15 is 0 Å². The van der Waals surface area contributed by atoms with Gasteiger partial charge in [-0.25, -0.2) is 9.37 Å². The van der Waals surface area contributed by atoms with Crippen molar-refractivity contribution in [2.24, 2.45) is 0 Å². The molecule has 0 spiro atoms. The number of anilines is 1. The maximum absolute atomic E-state index is 13.7. The molecule has 0 aliphatic carbocycles. The SMILES string of the molecule is Cc1ccc(C)c(-c2cnc(N)cc2F)c1. The summed E-state index contributed by atoms with van der Waals surface area (Å²) in [7, 11) is 0. The van der Waals surface area contributed by atoms with Crippen molar-refractivity contribution in [1.82, 2.24) is 4.98 Å². The summed E-state index contributed by atoms with van der Waals surface area (Å²) in [5, 5.41) is 0. The number of aryl methyl sites for hydroxylation is 2. The maximum atomic E-state index is 13.7. The molecule has 82 valence electrons. The monoisotopic (exact) mass is 216 g/mol. The van der Waals surface area contributed by atoms with Crippen LogP contribution in [0.4, 0.5) is 10.2 Å². The summed E-state index contributed by atoms with van der Waals surface area (Å²) < 4.78 is 13.7. The summed E-state index contributed by atoms with van der Waals surface area (Å²) in [4.78, 5) is 3.92. The van der Waals surface area contributed by atoms with Crippen LogP contribution in [0.5, 0.6) is 0 Å². The zero-order chi connectivity index (χ0) is 11.7. The van der Waals surface area contributed by atoms with Gasteiger partial charge in [-0.3, -0.25) is 0 Å². The van der Waals surface area contributed by atoms with Crippen molar-refractivity contribution in [1.29, 1.82) is 0 Å². The molecule has 2 aromatic rings. The van der Waals surface area contributed by atoms with Gasteiger partial charge < -0.3 is 5.73 Å². The maximum Gasteiger partial charge on any atom is 0.136 e. The molecule has 1 aromatic carbocycles. The molecule has 0 aliphatic heterocycles. The van der Waals surface area contributed by atoms with E-state index in [1.807, 2.05) is 32.0 Å². The van der Waals surface area contributed by atoms with Crippen LogP contribution in [-0.2, 0) is 0 Å². The first-order chi connectivity index (χ1) is 7.58. The predicted molar refractivity (Wildman–Crippen MR) is 63.5 cm³/mol.